The molecule has 3 heterocycles. The number of ether oxygens (including phenoxy) is 2. The van der Waals surface area contributed by atoms with Crippen molar-refractivity contribution in [1.29, 1.82) is 0 Å². The summed E-state index contributed by atoms with van der Waals surface area (Å²) in [6.45, 7) is -0.393. The molecule has 1 saturated heterocycles. The Morgan fingerprint density at radius 3 is 1.92 bits per heavy atom. The summed E-state index contributed by atoms with van der Waals surface area (Å²) in [6.07, 6.45) is -0.946. The van der Waals surface area contributed by atoms with E-state index >= 15 is 0 Å². The summed E-state index contributed by atoms with van der Waals surface area (Å²) in [4.78, 5) is 12.8. The molecule has 9 nitrogen and oxygen atoms in total. The Hall–Kier alpha value is -4.15. The van der Waals surface area contributed by atoms with Gasteiger partial charge in [-0.05, 0) is 16.7 Å². The number of imidazole rings is 1. The van der Waals surface area contributed by atoms with Crippen molar-refractivity contribution in [3.8, 4) is 0 Å². The van der Waals surface area contributed by atoms with Crippen molar-refractivity contribution in [3.05, 3.63) is 120 Å². The van der Waals surface area contributed by atoms with Crippen molar-refractivity contribution in [3.63, 3.8) is 0 Å². The maximum atomic E-state index is 11.4. The van der Waals surface area contributed by atoms with Gasteiger partial charge in [-0.2, -0.15) is 0 Å². The van der Waals surface area contributed by atoms with E-state index < -0.39 is 36.7 Å². The number of anilines is 1. The fourth-order valence-corrected chi connectivity index (χ4v) is 5.20. The first-order valence-corrected chi connectivity index (χ1v) is 12.4. The summed E-state index contributed by atoms with van der Waals surface area (Å²) < 4.78 is 15.0. The number of aliphatic hydroxyl groups excluding tert-OH is 2. The van der Waals surface area contributed by atoms with E-state index in [9.17, 15) is 10.2 Å². The van der Waals surface area contributed by atoms with Gasteiger partial charge in [-0.1, -0.05) is 91.0 Å². The summed E-state index contributed by atoms with van der Waals surface area (Å²) in [6, 6.07) is 29.6. The second-order valence-corrected chi connectivity index (χ2v) is 9.18. The number of rotatable bonds is 7. The predicted octanol–water partition coefficient (Wildman–Crippen LogP) is 3.04. The number of nitrogens with zero attached hydrogens (tertiary/aromatic N) is 4. The molecule has 1 fully saturated rings. The van der Waals surface area contributed by atoms with E-state index in [0.29, 0.717) is 11.2 Å². The van der Waals surface area contributed by atoms with Crippen LogP contribution in [0.5, 0.6) is 0 Å². The van der Waals surface area contributed by atoms with Crippen LogP contribution in [0.4, 0.5) is 5.82 Å². The van der Waals surface area contributed by atoms with Crippen LogP contribution in [0.25, 0.3) is 11.2 Å². The van der Waals surface area contributed by atoms with Gasteiger partial charge in [0.15, 0.2) is 17.7 Å². The summed E-state index contributed by atoms with van der Waals surface area (Å²) in [7, 11) is 0. The Bertz CT molecular complexity index is 1420. The molecule has 4 N–H and O–H groups in total. The van der Waals surface area contributed by atoms with E-state index in [1.165, 1.54) is 6.33 Å². The smallest absolute Gasteiger partial charge is 0.167 e. The van der Waals surface area contributed by atoms with Gasteiger partial charge in [-0.3, -0.25) is 4.57 Å². The minimum Gasteiger partial charge on any atom is -0.394 e. The second-order valence-electron chi connectivity index (χ2n) is 9.18. The van der Waals surface area contributed by atoms with Gasteiger partial charge in [-0.15, -0.1) is 0 Å². The number of hydrogen-bond acceptors (Lipinski definition) is 8. The second kappa shape index (κ2) is 9.96. The lowest BCUT2D eigenvalue weighted by Gasteiger charge is -2.39. The van der Waals surface area contributed by atoms with Crippen LogP contribution in [-0.2, 0) is 15.1 Å². The molecule has 2 aromatic heterocycles. The number of nitrogen functional groups attached to an aromatic ring is 1. The lowest BCUT2D eigenvalue weighted by molar-refractivity contribution is -0.122. The quantitative estimate of drug-likeness (QED) is 0.286. The van der Waals surface area contributed by atoms with E-state index in [1.54, 1.807) is 10.9 Å². The minimum absolute atomic E-state index is 0.232. The molecule has 0 bridgehead atoms. The van der Waals surface area contributed by atoms with Gasteiger partial charge in [0.2, 0.25) is 0 Å². The third-order valence-corrected chi connectivity index (χ3v) is 7.01. The SMILES string of the molecule is Nc1ncnc2c1ncn2[C@@H]1O[C@H](CO)[C@@H](O)[C@H]1OC(c1ccccc1)(c1ccccc1)c1ccccc1. The molecule has 5 aromatic rings. The summed E-state index contributed by atoms with van der Waals surface area (Å²) in [5, 5.41) is 21.5. The number of aromatic nitrogens is 4. The number of aliphatic hydroxyl groups is 2. The van der Waals surface area contributed by atoms with Gasteiger partial charge < -0.3 is 25.4 Å². The molecule has 1 aliphatic heterocycles. The highest BCUT2D eigenvalue weighted by atomic mass is 16.6. The van der Waals surface area contributed by atoms with Crippen LogP contribution in [-0.4, -0.2) is 54.7 Å². The van der Waals surface area contributed by atoms with Crippen LogP contribution in [0.3, 0.4) is 0 Å². The van der Waals surface area contributed by atoms with Crippen molar-refractivity contribution in [2.75, 3.05) is 12.3 Å². The average Bonchev–Trinajstić information content (AvgIpc) is 3.54. The molecule has 1 aliphatic rings. The highest BCUT2D eigenvalue weighted by molar-refractivity contribution is 5.81. The molecule has 9 heteroatoms. The van der Waals surface area contributed by atoms with Gasteiger partial charge in [0.25, 0.3) is 0 Å². The Balaban J connectivity index is 1.56. The number of benzene rings is 3. The van der Waals surface area contributed by atoms with Crippen LogP contribution in [0.15, 0.2) is 104 Å². The molecule has 4 atom stereocenters. The fourth-order valence-electron chi connectivity index (χ4n) is 5.20. The van der Waals surface area contributed by atoms with E-state index in [2.05, 4.69) is 15.0 Å². The standard InChI is InChI=1S/C29H27N5O4/c30-26-23-27(32-17-31-26)34(18-33-23)28-25(24(36)22(16-35)37-28)38-29(19-10-4-1-5-11-19,20-12-6-2-7-13-20)21-14-8-3-9-15-21/h1-15,17-18,22,24-25,28,35-36H,16H2,(H2,30,31,32)/t22-,24-,25-,28-/m1/s1. The zero-order valence-corrected chi connectivity index (χ0v) is 20.4. The normalized spacial score (nSPS) is 21.6. The molecule has 3 aromatic carbocycles. The molecular weight excluding hydrogens is 482 g/mol. The Labute approximate surface area is 219 Å². The first kappa shape index (κ1) is 24.2. The van der Waals surface area contributed by atoms with Gasteiger partial charge in [0.1, 0.15) is 35.8 Å². The van der Waals surface area contributed by atoms with Crippen LogP contribution in [0, 0.1) is 0 Å². The zero-order chi connectivity index (χ0) is 26.1. The van der Waals surface area contributed by atoms with Gasteiger partial charge in [0, 0.05) is 0 Å². The Kier molecular flexibility index (Phi) is 6.34. The third-order valence-electron chi connectivity index (χ3n) is 7.01. The van der Waals surface area contributed by atoms with Crippen molar-refractivity contribution < 1.29 is 19.7 Å². The molecule has 0 aliphatic carbocycles. The first-order chi connectivity index (χ1) is 18.6. The zero-order valence-electron chi connectivity index (χ0n) is 20.4. The van der Waals surface area contributed by atoms with E-state index in [-0.39, 0.29) is 5.82 Å². The monoisotopic (exact) mass is 509 g/mol. The topological polar surface area (TPSA) is 129 Å². The number of nitrogens with two attached hydrogens (primary N) is 1. The molecule has 192 valence electrons. The fraction of sp³-hybridized carbons (Fsp3) is 0.207. The predicted molar refractivity (Wildman–Crippen MR) is 141 cm³/mol. The van der Waals surface area contributed by atoms with Crippen molar-refractivity contribution in [2.24, 2.45) is 0 Å². The van der Waals surface area contributed by atoms with Gasteiger partial charge >= 0.3 is 0 Å². The van der Waals surface area contributed by atoms with E-state index in [1.807, 2.05) is 91.0 Å². The van der Waals surface area contributed by atoms with Crippen LogP contribution in [0.1, 0.15) is 22.9 Å². The molecule has 6 rings (SSSR count). The average molecular weight is 510 g/mol. The third kappa shape index (κ3) is 3.93. The van der Waals surface area contributed by atoms with Crippen molar-refractivity contribution in [1.82, 2.24) is 19.5 Å². The summed E-state index contributed by atoms with van der Waals surface area (Å²) in [5.41, 5.74) is 8.38. The van der Waals surface area contributed by atoms with Crippen molar-refractivity contribution >= 4 is 17.0 Å². The minimum atomic E-state index is -1.16. The Morgan fingerprint density at radius 2 is 1.39 bits per heavy atom. The molecule has 0 spiro atoms. The van der Waals surface area contributed by atoms with Gasteiger partial charge in [-0.25, -0.2) is 15.0 Å². The maximum absolute atomic E-state index is 11.4. The lowest BCUT2D eigenvalue weighted by Crippen LogP contribution is -2.44. The van der Waals surface area contributed by atoms with Crippen LogP contribution >= 0.6 is 0 Å². The molecule has 0 amide bonds. The van der Waals surface area contributed by atoms with Crippen LogP contribution < -0.4 is 5.73 Å². The van der Waals surface area contributed by atoms with E-state index in [4.69, 9.17) is 15.2 Å². The maximum Gasteiger partial charge on any atom is 0.167 e. The lowest BCUT2D eigenvalue weighted by atomic mass is 9.79. The van der Waals surface area contributed by atoms with Crippen molar-refractivity contribution in [2.45, 2.75) is 30.1 Å². The highest BCUT2D eigenvalue weighted by Gasteiger charge is 2.51. The van der Waals surface area contributed by atoms with Gasteiger partial charge in [0.05, 0.1) is 12.9 Å². The molecule has 0 unspecified atom stereocenters. The molecule has 0 radical (unpaired) electrons. The largest absolute Gasteiger partial charge is 0.394 e. The summed E-state index contributed by atoms with van der Waals surface area (Å²) >= 11 is 0. The molecular formula is C29H27N5O4. The first-order valence-electron chi connectivity index (χ1n) is 12.4. The number of hydrogen-bond donors (Lipinski definition) is 3. The van der Waals surface area contributed by atoms with Crippen LogP contribution in [0.2, 0.25) is 0 Å². The number of fused-ring (bicyclic) bond motifs is 1. The molecule has 0 saturated carbocycles. The summed E-state index contributed by atoms with van der Waals surface area (Å²) in [5.74, 6) is 0.232. The molecule has 38 heavy (non-hydrogen) atoms. The highest BCUT2D eigenvalue weighted by Crippen LogP contribution is 2.45. The Morgan fingerprint density at radius 1 is 0.842 bits per heavy atom. The van der Waals surface area contributed by atoms with E-state index in [0.717, 1.165) is 16.7 Å².